The number of hydrogen-bond donors (Lipinski definition) is 0. The van der Waals surface area contributed by atoms with E-state index < -0.39 is 0 Å². The molecule has 5 atom stereocenters. The number of allylic oxidation sites excluding steroid dienone is 1. The number of aryl methyl sites for hydroxylation is 1. The monoisotopic (exact) mass is 258 g/mol. The van der Waals surface area contributed by atoms with Crippen molar-refractivity contribution in [1.29, 1.82) is 0 Å². The normalized spacial score (nSPS) is 37.9. The number of hydrogen-bond acceptors (Lipinski definition) is 1. The Bertz CT molecular complexity index is 508. The van der Waals surface area contributed by atoms with Crippen LogP contribution in [0.5, 0.6) is 0 Å². The van der Waals surface area contributed by atoms with E-state index in [4.69, 9.17) is 4.74 Å². The molecule has 0 unspecified atom stereocenters. The van der Waals surface area contributed by atoms with Gasteiger partial charge in [-0.2, -0.15) is 0 Å². The van der Waals surface area contributed by atoms with E-state index >= 15 is 0 Å². The molecule has 102 valence electrons. The average molecular weight is 258 g/mol. The van der Waals surface area contributed by atoms with Gasteiger partial charge >= 0.3 is 0 Å². The Labute approximate surface area is 116 Å². The van der Waals surface area contributed by atoms with E-state index in [0.717, 1.165) is 6.61 Å². The zero-order chi connectivity index (χ0) is 13.6. The number of fused-ring (bicyclic) bond motifs is 2. The lowest BCUT2D eigenvalue weighted by Gasteiger charge is -2.47. The summed E-state index contributed by atoms with van der Waals surface area (Å²) in [7, 11) is 2.07. The third-order valence-electron chi connectivity index (χ3n) is 5.05. The van der Waals surface area contributed by atoms with Crippen LogP contribution in [0.1, 0.15) is 32.4 Å². The summed E-state index contributed by atoms with van der Waals surface area (Å²) in [5.41, 5.74) is 2.81. The summed E-state index contributed by atoms with van der Waals surface area (Å²) in [5, 5.41) is 0. The van der Waals surface area contributed by atoms with Crippen LogP contribution in [-0.4, -0.2) is 6.61 Å². The van der Waals surface area contributed by atoms with Gasteiger partial charge in [-0.25, -0.2) is 4.57 Å². The Morgan fingerprint density at radius 1 is 1.32 bits per heavy atom. The fourth-order valence-corrected chi connectivity index (χ4v) is 4.03. The minimum atomic E-state index is 0.224. The zero-order valence-corrected chi connectivity index (χ0v) is 12.3. The number of aromatic nitrogens is 1. The molecule has 1 aromatic rings. The second-order valence-electron chi connectivity index (χ2n) is 6.38. The summed E-state index contributed by atoms with van der Waals surface area (Å²) in [4.78, 5) is 0. The molecular formula is C17H24NO+. The largest absolute Gasteiger partial charge is 0.372 e. The molecule has 2 bridgehead atoms. The van der Waals surface area contributed by atoms with Gasteiger partial charge in [0.2, 0.25) is 0 Å². The van der Waals surface area contributed by atoms with Crippen LogP contribution in [0.2, 0.25) is 0 Å². The summed E-state index contributed by atoms with van der Waals surface area (Å²) >= 11 is 0. The Morgan fingerprint density at radius 3 is 2.84 bits per heavy atom. The molecule has 2 heterocycles. The highest BCUT2D eigenvalue weighted by atomic mass is 16.5. The van der Waals surface area contributed by atoms with Crippen LogP contribution >= 0.6 is 0 Å². The highest BCUT2D eigenvalue weighted by Gasteiger charge is 2.44. The van der Waals surface area contributed by atoms with Crippen molar-refractivity contribution in [2.45, 2.75) is 26.9 Å². The van der Waals surface area contributed by atoms with E-state index in [0.29, 0.717) is 23.7 Å². The van der Waals surface area contributed by atoms with Crippen LogP contribution in [-0.2, 0) is 11.8 Å². The third kappa shape index (κ3) is 2.12. The van der Waals surface area contributed by atoms with Gasteiger partial charge in [0, 0.05) is 17.5 Å². The maximum atomic E-state index is 6.24. The first kappa shape index (κ1) is 12.9. The van der Waals surface area contributed by atoms with Gasteiger partial charge in [0.25, 0.3) is 0 Å². The van der Waals surface area contributed by atoms with Crippen molar-refractivity contribution in [2.24, 2.45) is 30.7 Å². The molecule has 0 amide bonds. The highest BCUT2D eigenvalue weighted by Crippen LogP contribution is 2.49. The fourth-order valence-electron chi connectivity index (χ4n) is 4.03. The average Bonchev–Trinajstić information content (AvgIpc) is 2.35. The first-order valence-corrected chi connectivity index (χ1v) is 7.33. The molecular weight excluding hydrogens is 234 g/mol. The number of rotatable bonds is 1. The van der Waals surface area contributed by atoms with Crippen LogP contribution in [0.25, 0.3) is 0 Å². The summed E-state index contributed by atoms with van der Waals surface area (Å²) in [6, 6.07) is 4.31. The maximum Gasteiger partial charge on any atom is 0.174 e. The molecule has 1 fully saturated rings. The van der Waals surface area contributed by atoms with Gasteiger partial charge in [0.05, 0.1) is 12.7 Å². The van der Waals surface area contributed by atoms with Crippen LogP contribution in [0.3, 0.4) is 0 Å². The summed E-state index contributed by atoms with van der Waals surface area (Å²) in [5.74, 6) is 2.59. The molecule has 2 heteroatoms. The summed E-state index contributed by atoms with van der Waals surface area (Å²) in [6.45, 7) is 7.90. The van der Waals surface area contributed by atoms with Gasteiger partial charge < -0.3 is 4.74 Å². The maximum absolute atomic E-state index is 6.24. The van der Waals surface area contributed by atoms with Crippen molar-refractivity contribution in [1.82, 2.24) is 0 Å². The SMILES string of the molecule is CC1=C[C@@H](C)[C@H]2CO[C@@H](c3ccc[n+](C)c3)[C@@H]1[C@@H]2C. The third-order valence-corrected chi connectivity index (χ3v) is 5.05. The predicted molar refractivity (Wildman–Crippen MR) is 75.4 cm³/mol. The van der Waals surface area contributed by atoms with E-state index in [1.54, 1.807) is 0 Å². The van der Waals surface area contributed by atoms with E-state index in [9.17, 15) is 0 Å². The zero-order valence-electron chi connectivity index (χ0n) is 12.3. The van der Waals surface area contributed by atoms with Crippen LogP contribution in [0, 0.1) is 23.7 Å². The van der Waals surface area contributed by atoms with Gasteiger partial charge in [-0.3, -0.25) is 0 Å². The Morgan fingerprint density at radius 2 is 2.11 bits per heavy atom. The number of pyridine rings is 1. The molecule has 2 nitrogen and oxygen atoms in total. The predicted octanol–water partition coefficient (Wildman–Crippen LogP) is 3.05. The molecule has 2 aliphatic rings. The highest BCUT2D eigenvalue weighted by molar-refractivity contribution is 5.22. The minimum absolute atomic E-state index is 0.224. The second-order valence-corrected chi connectivity index (χ2v) is 6.38. The van der Waals surface area contributed by atoms with Gasteiger partial charge in [-0.15, -0.1) is 0 Å². The molecule has 1 aliphatic carbocycles. The van der Waals surface area contributed by atoms with Crippen molar-refractivity contribution < 1.29 is 9.30 Å². The topological polar surface area (TPSA) is 13.1 Å². The summed E-state index contributed by atoms with van der Waals surface area (Å²) in [6.07, 6.45) is 6.96. The molecule has 0 spiro atoms. The van der Waals surface area contributed by atoms with E-state index in [1.807, 2.05) is 0 Å². The van der Waals surface area contributed by atoms with E-state index in [1.165, 1.54) is 11.1 Å². The summed E-state index contributed by atoms with van der Waals surface area (Å²) < 4.78 is 8.35. The molecule has 1 aromatic heterocycles. The lowest BCUT2D eigenvalue weighted by molar-refractivity contribution is -0.672. The Hall–Kier alpha value is -1.15. The molecule has 1 aliphatic heterocycles. The van der Waals surface area contributed by atoms with Gasteiger partial charge in [-0.1, -0.05) is 25.5 Å². The van der Waals surface area contributed by atoms with Crippen LogP contribution in [0.15, 0.2) is 36.2 Å². The second kappa shape index (κ2) is 4.75. The molecule has 1 saturated heterocycles. The molecule has 3 rings (SSSR count). The first-order valence-electron chi connectivity index (χ1n) is 7.33. The number of ether oxygens (including phenoxy) is 1. The fraction of sp³-hybridized carbons (Fsp3) is 0.588. The molecule has 0 aromatic carbocycles. The lowest BCUT2D eigenvalue weighted by Crippen LogP contribution is -2.43. The van der Waals surface area contributed by atoms with Crippen molar-refractivity contribution >= 4 is 0 Å². The minimum Gasteiger partial charge on any atom is -0.372 e. The molecule has 19 heavy (non-hydrogen) atoms. The van der Waals surface area contributed by atoms with Gasteiger partial charge in [-0.05, 0) is 30.7 Å². The van der Waals surface area contributed by atoms with E-state index in [2.05, 4.69) is 63.0 Å². The Kier molecular flexibility index (Phi) is 3.22. The molecule has 0 radical (unpaired) electrons. The van der Waals surface area contributed by atoms with Crippen molar-refractivity contribution in [3.8, 4) is 0 Å². The van der Waals surface area contributed by atoms with Crippen molar-refractivity contribution in [3.05, 3.63) is 41.7 Å². The van der Waals surface area contributed by atoms with Gasteiger partial charge in [0.15, 0.2) is 12.4 Å². The van der Waals surface area contributed by atoms with Crippen LogP contribution < -0.4 is 4.57 Å². The lowest BCUT2D eigenvalue weighted by atomic mass is 9.65. The Balaban J connectivity index is 1.98. The number of nitrogens with zero attached hydrogens (tertiary/aromatic N) is 1. The van der Waals surface area contributed by atoms with Crippen molar-refractivity contribution in [2.75, 3.05) is 6.61 Å². The van der Waals surface area contributed by atoms with Crippen molar-refractivity contribution in [3.63, 3.8) is 0 Å². The quantitative estimate of drug-likeness (QED) is 0.557. The van der Waals surface area contributed by atoms with Gasteiger partial charge in [0.1, 0.15) is 7.05 Å². The van der Waals surface area contributed by atoms with E-state index in [-0.39, 0.29) is 6.10 Å². The molecule has 0 saturated carbocycles. The van der Waals surface area contributed by atoms with Crippen LogP contribution in [0.4, 0.5) is 0 Å². The molecule has 0 N–H and O–H groups in total. The first-order chi connectivity index (χ1) is 9.08. The standard InChI is InChI=1S/C17H24NO/c1-11-8-12(2)16-13(3)15(11)10-19-17(16)14-6-5-7-18(4)9-14/h5-9,11,13,15-17H,10H2,1-4H3/q+1/t11-,13-,15-,16+,17+/m1/s1. The smallest absolute Gasteiger partial charge is 0.174 e.